The lowest BCUT2D eigenvalue weighted by Gasteiger charge is -2.06. The van der Waals surface area contributed by atoms with Crippen molar-refractivity contribution < 1.29 is 9.68 Å². The number of aromatic nitrogens is 6. The second-order valence-corrected chi connectivity index (χ2v) is 5.03. The molecule has 0 radical (unpaired) electrons. The fourth-order valence-corrected chi connectivity index (χ4v) is 2.36. The first-order valence-corrected chi connectivity index (χ1v) is 7.13. The van der Waals surface area contributed by atoms with Gasteiger partial charge in [-0.25, -0.2) is 0 Å². The maximum Gasteiger partial charge on any atom is 0.314 e. The van der Waals surface area contributed by atoms with Crippen LogP contribution in [0.4, 0.5) is 0 Å². The molecule has 9 heteroatoms. The van der Waals surface area contributed by atoms with Crippen LogP contribution in [0.2, 0.25) is 0 Å². The predicted molar refractivity (Wildman–Crippen MR) is 84.1 cm³/mol. The van der Waals surface area contributed by atoms with Crippen LogP contribution in [-0.2, 0) is 6.61 Å². The number of fused-ring (bicyclic) bond motifs is 2. The molecule has 0 saturated carbocycles. The molecule has 0 aliphatic carbocycles. The molecule has 0 unspecified atom stereocenters. The molecule has 2 aromatic heterocycles. The molecule has 4 rings (SSSR count). The van der Waals surface area contributed by atoms with Crippen LogP contribution in [0.1, 0.15) is 5.56 Å². The third-order valence-electron chi connectivity index (χ3n) is 3.55. The van der Waals surface area contributed by atoms with Gasteiger partial charge in [0.1, 0.15) is 30.3 Å². The number of hydrogen-bond donors (Lipinski definition) is 0. The van der Waals surface area contributed by atoms with Gasteiger partial charge in [-0.15, -0.1) is 10.2 Å². The van der Waals surface area contributed by atoms with Crippen molar-refractivity contribution in [3.63, 3.8) is 0 Å². The second-order valence-electron chi connectivity index (χ2n) is 5.03. The zero-order chi connectivity index (χ0) is 16.5. The monoisotopic (exact) mass is 324 g/mol. The fourth-order valence-electron chi connectivity index (χ4n) is 2.36. The van der Waals surface area contributed by atoms with E-state index in [-0.39, 0.29) is 12.2 Å². The average Bonchev–Trinajstić information content (AvgIpc) is 3.03. The summed E-state index contributed by atoms with van der Waals surface area (Å²) >= 11 is 0. The smallest absolute Gasteiger partial charge is 0.314 e. The van der Waals surface area contributed by atoms with E-state index in [0.29, 0.717) is 10.9 Å². The molecule has 0 aliphatic heterocycles. The van der Waals surface area contributed by atoms with E-state index in [0.717, 1.165) is 21.4 Å². The first kappa shape index (κ1) is 14.1. The topological polar surface area (TPSA) is 97.0 Å². The number of nitrogens with zero attached hydrogens (tertiary/aromatic N) is 6. The Balaban J connectivity index is 1.62. The van der Waals surface area contributed by atoms with Crippen LogP contribution in [0, 0.1) is 0 Å². The fraction of sp³-hybridized carbons (Fsp3) is 0.133. The number of rotatable bonds is 4. The van der Waals surface area contributed by atoms with Crippen LogP contribution in [0.3, 0.4) is 0 Å². The summed E-state index contributed by atoms with van der Waals surface area (Å²) in [6.45, 7) is 0.248. The van der Waals surface area contributed by atoms with Crippen molar-refractivity contribution in [1.82, 2.24) is 30.3 Å². The molecule has 24 heavy (non-hydrogen) atoms. The van der Waals surface area contributed by atoms with Gasteiger partial charge in [-0.3, -0.25) is 4.79 Å². The highest BCUT2D eigenvalue weighted by molar-refractivity contribution is 5.77. The van der Waals surface area contributed by atoms with Crippen LogP contribution in [0.25, 0.3) is 21.9 Å². The summed E-state index contributed by atoms with van der Waals surface area (Å²) < 4.78 is 0. The highest BCUT2D eigenvalue weighted by Gasteiger charge is 2.08. The summed E-state index contributed by atoms with van der Waals surface area (Å²) in [6.07, 6.45) is 0. The first-order valence-electron chi connectivity index (χ1n) is 7.13. The number of para-hydroxylation sites is 1. The molecule has 120 valence electrons. The Labute approximate surface area is 134 Å². The molecule has 0 fully saturated rings. The number of benzene rings is 2. The Kier molecular flexibility index (Phi) is 3.30. The minimum Gasteiger partial charge on any atom is -0.396 e. The summed E-state index contributed by atoms with van der Waals surface area (Å²) in [5, 5.41) is 16.0. The summed E-state index contributed by atoms with van der Waals surface area (Å²) in [5.41, 5.74) is 2.46. The molecule has 9 nitrogen and oxygen atoms in total. The van der Waals surface area contributed by atoms with E-state index in [2.05, 4.69) is 20.6 Å². The minimum absolute atomic E-state index is 0.248. The molecule has 0 bridgehead atoms. The van der Waals surface area contributed by atoms with Gasteiger partial charge >= 0.3 is 5.56 Å². The van der Waals surface area contributed by atoms with Crippen molar-refractivity contribution in [2.45, 2.75) is 6.61 Å². The molecular weight excluding hydrogens is 312 g/mol. The maximum absolute atomic E-state index is 12.0. The molecule has 2 aromatic carbocycles. The molecule has 4 aromatic rings. The van der Waals surface area contributed by atoms with E-state index in [1.165, 1.54) is 12.0 Å². The van der Waals surface area contributed by atoms with Gasteiger partial charge in [0.15, 0.2) is 0 Å². The molecule has 0 N–H and O–H groups in total. The average molecular weight is 324 g/mol. The van der Waals surface area contributed by atoms with Gasteiger partial charge in [0.2, 0.25) is 0 Å². The maximum atomic E-state index is 12.0. The Morgan fingerprint density at radius 2 is 1.79 bits per heavy atom. The molecule has 2 heterocycles. The molecular formula is C15H12N6O3. The van der Waals surface area contributed by atoms with Gasteiger partial charge in [0.25, 0.3) is 0 Å². The largest absolute Gasteiger partial charge is 0.396 e. The minimum atomic E-state index is -0.364. The van der Waals surface area contributed by atoms with E-state index in [9.17, 15) is 4.79 Å². The lowest BCUT2D eigenvalue weighted by Crippen LogP contribution is -2.28. The van der Waals surface area contributed by atoms with Crippen molar-refractivity contribution in [1.29, 1.82) is 0 Å². The third-order valence-corrected chi connectivity index (χ3v) is 3.55. The Bertz CT molecular complexity index is 1090. The third kappa shape index (κ3) is 2.32. The lowest BCUT2D eigenvalue weighted by molar-refractivity contribution is 0.0752. The lowest BCUT2D eigenvalue weighted by atomic mass is 10.2. The molecule has 0 aliphatic rings. The Hall–Kier alpha value is -3.49. The summed E-state index contributed by atoms with van der Waals surface area (Å²) in [6, 6.07) is 12.7. The SMILES string of the molecule is COn1nnc2cc(COn3nnc4ccccc43)ccc2c1=O. The zero-order valence-corrected chi connectivity index (χ0v) is 12.7. The van der Waals surface area contributed by atoms with Crippen LogP contribution < -0.4 is 15.2 Å². The van der Waals surface area contributed by atoms with Crippen LogP contribution in [0.15, 0.2) is 47.3 Å². The number of hydrogen-bond acceptors (Lipinski definition) is 7. The first-order chi connectivity index (χ1) is 11.8. The highest BCUT2D eigenvalue weighted by Crippen LogP contribution is 2.11. The van der Waals surface area contributed by atoms with E-state index >= 15 is 0 Å². The van der Waals surface area contributed by atoms with E-state index < -0.39 is 0 Å². The van der Waals surface area contributed by atoms with E-state index in [1.807, 2.05) is 24.3 Å². The van der Waals surface area contributed by atoms with Gasteiger partial charge in [0, 0.05) is 0 Å². The van der Waals surface area contributed by atoms with Gasteiger partial charge in [0.05, 0.1) is 5.39 Å². The van der Waals surface area contributed by atoms with Crippen LogP contribution in [-0.4, -0.2) is 37.4 Å². The summed E-state index contributed by atoms with van der Waals surface area (Å²) in [4.78, 5) is 24.7. The van der Waals surface area contributed by atoms with Gasteiger partial charge in [-0.05, 0) is 45.1 Å². The van der Waals surface area contributed by atoms with Crippen molar-refractivity contribution in [2.24, 2.45) is 0 Å². The van der Waals surface area contributed by atoms with Crippen molar-refractivity contribution in [3.05, 3.63) is 58.4 Å². The standard InChI is InChI=1S/C15H12N6O3/c1-23-21-15(22)11-7-6-10(8-13(11)17-19-21)9-24-20-14-5-3-2-4-12(14)16-18-20/h2-8H,9H2,1H3. The van der Waals surface area contributed by atoms with Gasteiger partial charge < -0.3 is 9.68 Å². The molecule has 0 amide bonds. The highest BCUT2D eigenvalue weighted by atomic mass is 16.7. The van der Waals surface area contributed by atoms with Gasteiger partial charge in [-0.2, -0.15) is 0 Å². The second kappa shape index (κ2) is 5.61. The predicted octanol–water partition coefficient (Wildman–Crippen LogP) is 0.223. The van der Waals surface area contributed by atoms with Crippen molar-refractivity contribution >= 4 is 21.9 Å². The van der Waals surface area contributed by atoms with E-state index in [4.69, 9.17) is 9.68 Å². The normalized spacial score (nSPS) is 11.0. The molecule has 0 saturated heterocycles. The van der Waals surface area contributed by atoms with E-state index in [1.54, 1.807) is 18.2 Å². The molecule has 0 spiro atoms. The van der Waals surface area contributed by atoms with Gasteiger partial charge in [-0.1, -0.05) is 23.0 Å². The Morgan fingerprint density at radius 3 is 2.67 bits per heavy atom. The van der Waals surface area contributed by atoms with Crippen LogP contribution in [0.5, 0.6) is 0 Å². The van der Waals surface area contributed by atoms with Crippen molar-refractivity contribution in [3.8, 4) is 0 Å². The van der Waals surface area contributed by atoms with Crippen LogP contribution >= 0.6 is 0 Å². The molecule has 0 atom stereocenters. The zero-order valence-electron chi connectivity index (χ0n) is 12.7. The van der Waals surface area contributed by atoms with Crippen molar-refractivity contribution in [2.75, 3.05) is 7.11 Å². The quantitative estimate of drug-likeness (QED) is 0.530. The summed E-state index contributed by atoms with van der Waals surface area (Å²) in [7, 11) is 1.35. The Morgan fingerprint density at radius 1 is 1.00 bits per heavy atom. The summed E-state index contributed by atoms with van der Waals surface area (Å²) in [5.74, 6) is 0.